The predicted octanol–water partition coefficient (Wildman–Crippen LogP) is 3.73. The summed E-state index contributed by atoms with van der Waals surface area (Å²) in [5, 5.41) is 23.7. The second kappa shape index (κ2) is 9.09. The van der Waals surface area contributed by atoms with Gasteiger partial charge in [-0.25, -0.2) is 4.79 Å². The third-order valence-corrected chi connectivity index (χ3v) is 5.39. The molecule has 1 unspecified atom stereocenters. The van der Waals surface area contributed by atoms with Crippen molar-refractivity contribution in [3.05, 3.63) is 71.2 Å². The van der Waals surface area contributed by atoms with Crippen LogP contribution in [0.25, 0.3) is 0 Å². The molecule has 0 aliphatic heterocycles. The van der Waals surface area contributed by atoms with Gasteiger partial charge in [-0.3, -0.25) is 10.4 Å². The first-order valence-corrected chi connectivity index (χ1v) is 10.0. The van der Waals surface area contributed by atoms with Crippen LogP contribution in [0.1, 0.15) is 50.3 Å². The highest BCUT2D eigenvalue weighted by atomic mass is 16.3. The number of anilines is 1. The van der Waals surface area contributed by atoms with E-state index in [2.05, 4.69) is 29.5 Å². The summed E-state index contributed by atoms with van der Waals surface area (Å²) in [5.41, 5.74) is 10.5. The molecular weight excluding hydrogens is 378 g/mol. The second-order valence-electron chi connectivity index (χ2n) is 8.42. The SMILES string of the molecule is CC1(C)CCC(C(=N)c2cccc(NC(=O)NC(CO)c3cccnc3)c2)=C(N)C1. The topological polar surface area (TPSA) is 124 Å². The van der Waals surface area contributed by atoms with E-state index < -0.39 is 12.1 Å². The van der Waals surface area contributed by atoms with Gasteiger partial charge in [-0.05, 0) is 54.0 Å². The number of urea groups is 1. The number of nitrogens with zero attached hydrogens (tertiary/aromatic N) is 1. The van der Waals surface area contributed by atoms with Crippen LogP contribution in [0.5, 0.6) is 0 Å². The zero-order valence-electron chi connectivity index (χ0n) is 17.4. The van der Waals surface area contributed by atoms with Crippen LogP contribution in [0.3, 0.4) is 0 Å². The van der Waals surface area contributed by atoms with Crippen molar-refractivity contribution >= 4 is 17.4 Å². The van der Waals surface area contributed by atoms with Gasteiger partial charge in [0.25, 0.3) is 0 Å². The van der Waals surface area contributed by atoms with E-state index >= 15 is 0 Å². The Hall–Kier alpha value is -3.19. The number of benzene rings is 1. The summed E-state index contributed by atoms with van der Waals surface area (Å²) in [6.45, 7) is 4.14. The van der Waals surface area contributed by atoms with E-state index in [0.29, 0.717) is 22.5 Å². The molecule has 6 N–H and O–H groups in total. The van der Waals surface area contributed by atoms with Gasteiger partial charge in [0, 0.05) is 29.3 Å². The molecule has 0 spiro atoms. The highest BCUT2D eigenvalue weighted by Crippen LogP contribution is 2.37. The molecule has 0 bridgehead atoms. The number of carbonyl (C=O) groups excluding carboxylic acids is 1. The number of hydrogen-bond donors (Lipinski definition) is 5. The zero-order valence-corrected chi connectivity index (χ0v) is 17.4. The Morgan fingerprint density at radius 2 is 2.13 bits per heavy atom. The lowest BCUT2D eigenvalue weighted by Gasteiger charge is -2.31. The van der Waals surface area contributed by atoms with Crippen molar-refractivity contribution in [3.8, 4) is 0 Å². The number of nitrogens with two attached hydrogens (primary N) is 1. The lowest BCUT2D eigenvalue weighted by molar-refractivity contribution is 0.225. The highest BCUT2D eigenvalue weighted by molar-refractivity contribution is 6.11. The number of aliphatic hydroxyl groups excluding tert-OH is 1. The van der Waals surface area contributed by atoms with Crippen LogP contribution in [0.2, 0.25) is 0 Å². The molecule has 0 saturated carbocycles. The summed E-state index contributed by atoms with van der Waals surface area (Å²) < 4.78 is 0. The highest BCUT2D eigenvalue weighted by Gasteiger charge is 2.27. The summed E-state index contributed by atoms with van der Waals surface area (Å²) in [6.07, 6.45) is 5.78. The van der Waals surface area contributed by atoms with Gasteiger partial charge in [0.15, 0.2) is 0 Å². The molecule has 1 atom stereocenters. The number of carbonyl (C=O) groups is 1. The van der Waals surface area contributed by atoms with Gasteiger partial charge in [-0.1, -0.05) is 32.0 Å². The molecule has 2 amide bonds. The molecule has 3 rings (SSSR count). The summed E-state index contributed by atoms with van der Waals surface area (Å²) in [7, 11) is 0. The number of aliphatic hydroxyl groups is 1. The van der Waals surface area contributed by atoms with E-state index in [0.717, 1.165) is 30.5 Å². The van der Waals surface area contributed by atoms with Crippen LogP contribution in [0, 0.1) is 10.8 Å². The van der Waals surface area contributed by atoms with Crippen LogP contribution in [-0.2, 0) is 0 Å². The van der Waals surface area contributed by atoms with Crippen LogP contribution >= 0.6 is 0 Å². The first-order valence-electron chi connectivity index (χ1n) is 10.0. The molecule has 7 heteroatoms. The summed E-state index contributed by atoms with van der Waals surface area (Å²) in [5.74, 6) is 0. The number of pyridine rings is 1. The number of rotatable bonds is 6. The fraction of sp³-hybridized carbons (Fsp3) is 0.348. The molecule has 7 nitrogen and oxygen atoms in total. The van der Waals surface area contributed by atoms with Crippen LogP contribution < -0.4 is 16.4 Å². The Kier molecular flexibility index (Phi) is 6.52. The molecule has 1 aliphatic rings. The molecule has 1 aliphatic carbocycles. The van der Waals surface area contributed by atoms with Crippen molar-refractivity contribution in [1.82, 2.24) is 10.3 Å². The minimum absolute atomic E-state index is 0.160. The third-order valence-electron chi connectivity index (χ3n) is 5.39. The number of hydrogen-bond acceptors (Lipinski definition) is 5. The standard InChI is InChI=1S/C23H29N5O2/c1-23(2)9-8-18(19(24)12-23)21(25)15-5-3-7-17(11-15)27-22(30)28-20(14-29)16-6-4-10-26-13-16/h3-7,10-11,13,20,25,29H,8-9,12,14,24H2,1-2H3,(H2,27,28,30). The van der Waals surface area contributed by atoms with E-state index in [1.54, 1.807) is 42.7 Å². The first-order chi connectivity index (χ1) is 14.3. The zero-order chi connectivity index (χ0) is 21.7. The number of aromatic nitrogens is 1. The fourth-order valence-electron chi connectivity index (χ4n) is 3.69. The largest absolute Gasteiger partial charge is 0.402 e. The Morgan fingerprint density at radius 1 is 1.33 bits per heavy atom. The van der Waals surface area contributed by atoms with Gasteiger partial charge in [0.1, 0.15) is 0 Å². The van der Waals surface area contributed by atoms with Crippen molar-refractivity contribution in [2.75, 3.05) is 11.9 Å². The van der Waals surface area contributed by atoms with Gasteiger partial charge in [0.05, 0.1) is 18.4 Å². The van der Waals surface area contributed by atoms with Crippen molar-refractivity contribution < 1.29 is 9.90 Å². The average molecular weight is 408 g/mol. The van der Waals surface area contributed by atoms with Gasteiger partial charge in [-0.2, -0.15) is 0 Å². The maximum absolute atomic E-state index is 12.4. The summed E-state index contributed by atoms with van der Waals surface area (Å²) in [6, 6.07) is 9.70. The second-order valence-corrected chi connectivity index (χ2v) is 8.42. The maximum atomic E-state index is 12.4. The van der Waals surface area contributed by atoms with E-state index in [-0.39, 0.29) is 12.0 Å². The number of nitrogens with one attached hydrogen (secondary N) is 3. The van der Waals surface area contributed by atoms with Crippen molar-refractivity contribution in [2.45, 2.75) is 39.2 Å². The lowest BCUT2D eigenvalue weighted by Crippen LogP contribution is -2.34. The van der Waals surface area contributed by atoms with E-state index in [1.807, 2.05) is 6.07 Å². The Bertz CT molecular complexity index is 953. The smallest absolute Gasteiger partial charge is 0.319 e. The minimum atomic E-state index is -0.560. The van der Waals surface area contributed by atoms with E-state index in [1.165, 1.54) is 0 Å². The van der Waals surface area contributed by atoms with Gasteiger partial charge in [-0.15, -0.1) is 0 Å². The van der Waals surface area contributed by atoms with Gasteiger partial charge >= 0.3 is 6.03 Å². The van der Waals surface area contributed by atoms with Crippen LogP contribution in [0.4, 0.5) is 10.5 Å². The maximum Gasteiger partial charge on any atom is 0.319 e. The van der Waals surface area contributed by atoms with Crippen LogP contribution in [0.15, 0.2) is 60.1 Å². The molecule has 0 saturated heterocycles. The first kappa shape index (κ1) is 21.5. The fourth-order valence-corrected chi connectivity index (χ4v) is 3.69. The molecule has 1 aromatic carbocycles. The van der Waals surface area contributed by atoms with Crippen molar-refractivity contribution in [1.29, 1.82) is 5.41 Å². The summed E-state index contributed by atoms with van der Waals surface area (Å²) >= 11 is 0. The lowest BCUT2D eigenvalue weighted by atomic mass is 9.75. The molecule has 158 valence electrons. The summed E-state index contributed by atoms with van der Waals surface area (Å²) in [4.78, 5) is 16.4. The minimum Gasteiger partial charge on any atom is -0.402 e. The number of amides is 2. The predicted molar refractivity (Wildman–Crippen MR) is 118 cm³/mol. The Balaban J connectivity index is 1.69. The van der Waals surface area contributed by atoms with Gasteiger partial charge < -0.3 is 21.5 Å². The Morgan fingerprint density at radius 3 is 2.80 bits per heavy atom. The van der Waals surface area contributed by atoms with E-state index in [4.69, 9.17) is 11.1 Å². The molecule has 0 radical (unpaired) electrons. The third kappa shape index (κ3) is 5.24. The van der Waals surface area contributed by atoms with Gasteiger partial charge in [0.2, 0.25) is 0 Å². The Labute approximate surface area is 176 Å². The van der Waals surface area contributed by atoms with E-state index in [9.17, 15) is 9.90 Å². The number of allylic oxidation sites excluding steroid dienone is 2. The molecule has 1 heterocycles. The average Bonchev–Trinajstić information content (AvgIpc) is 2.72. The van der Waals surface area contributed by atoms with Crippen molar-refractivity contribution in [2.24, 2.45) is 11.1 Å². The molecule has 1 aromatic heterocycles. The molecule has 30 heavy (non-hydrogen) atoms. The van der Waals surface area contributed by atoms with Crippen LogP contribution in [-0.4, -0.2) is 28.4 Å². The quantitative estimate of drug-likeness (QED) is 0.468. The normalized spacial score (nSPS) is 16.6. The molecular formula is C23H29N5O2. The molecule has 0 fully saturated rings. The molecule has 2 aromatic rings. The monoisotopic (exact) mass is 407 g/mol. The van der Waals surface area contributed by atoms with Crippen molar-refractivity contribution in [3.63, 3.8) is 0 Å².